The lowest BCUT2D eigenvalue weighted by molar-refractivity contribution is -0.145. The van der Waals surface area contributed by atoms with Crippen LogP contribution in [0.3, 0.4) is 0 Å². The Morgan fingerprint density at radius 1 is 1.00 bits per heavy atom. The highest BCUT2D eigenvalue weighted by Gasteiger charge is 2.33. The van der Waals surface area contributed by atoms with Gasteiger partial charge in [0.25, 0.3) is 0 Å². The van der Waals surface area contributed by atoms with Crippen molar-refractivity contribution in [2.75, 3.05) is 0 Å². The first kappa shape index (κ1) is 21.6. The lowest BCUT2D eigenvalue weighted by Gasteiger charge is -2.32. The lowest BCUT2D eigenvalue weighted by atomic mass is 9.80. The summed E-state index contributed by atoms with van der Waals surface area (Å²) in [7, 11) is 0. The maximum absolute atomic E-state index is 10.9. The number of carboxylic acids is 1. The molecule has 0 amide bonds. The lowest BCUT2D eigenvalue weighted by Crippen LogP contribution is -2.43. The summed E-state index contributed by atoms with van der Waals surface area (Å²) in [5, 5.41) is 20.7. The molecule has 0 aliphatic heterocycles. The topological polar surface area (TPSA) is 110 Å². The maximum atomic E-state index is 10.9. The fourth-order valence-corrected chi connectivity index (χ4v) is 4.40. The van der Waals surface area contributed by atoms with Crippen molar-refractivity contribution in [1.82, 2.24) is 20.5 Å². The third-order valence-electron chi connectivity index (χ3n) is 6.51. The zero-order valence-electron chi connectivity index (χ0n) is 18.4. The molecular weight excluding hydrogens is 420 g/mol. The van der Waals surface area contributed by atoms with Crippen LogP contribution in [0.1, 0.15) is 50.6 Å². The van der Waals surface area contributed by atoms with Gasteiger partial charge in [0.05, 0.1) is 23.3 Å². The Balaban J connectivity index is 1.16. The molecule has 0 spiro atoms. The number of ether oxygens (including phenoxy) is 1. The van der Waals surface area contributed by atoms with Gasteiger partial charge >= 0.3 is 5.97 Å². The van der Waals surface area contributed by atoms with E-state index in [9.17, 15) is 4.79 Å². The van der Waals surface area contributed by atoms with Gasteiger partial charge in [-0.2, -0.15) is 0 Å². The molecule has 2 aromatic heterocycles. The smallest absolute Gasteiger partial charge is 0.306 e. The Bertz CT molecular complexity index is 1070. The van der Waals surface area contributed by atoms with Crippen molar-refractivity contribution in [2.24, 2.45) is 5.92 Å². The number of pyridine rings is 1. The largest absolute Gasteiger partial charge is 0.490 e. The minimum absolute atomic E-state index is 0.217. The summed E-state index contributed by atoms with van der Waals surface area (Å²) in [5.74, 6) is 0.822. The third-order valence-corrected chi connectivity index (χ3v) is 6.51. The van der Waals surface area contributed by atoms with Gasteiger partial charge in [-0.3, -0.25) is 9.78 Å². The minimum atomic E-state index is -0.710. The zero-order valence-corrected chi connectivity index (χ0v) is 18.4. The monoisotopic (exact) mass is 448 g/mol. The summed E-state index contributed by atoms with van der Waals surface area (Å²) in [5.41, 5.74) is 2.48. The van der Waals surface area contributed by atoms with Gasteiger partial charge in [0, 0.05) is 24.3 Å². The molecule has 0 atom stereocenters. The van der Waals surface area contributed by atoms with Crippen LogP contribution in [0.2, 0.25) is 0 Å². The molecule has 8 heteroatoms. The summed E-state index contributed by atoms with van der Waals surface area (Å²) in [6.07, 6.45) is 9.44. The second kappa shape index (κ2) is 9.70. The number of carboxylic acid groups (broad SMARTS) is 1. The van der Waals surface area contributed by atoms with Crippen LogP contribution in [0.15, 0.2) is 47.0 Å². The van der Waals surface area contributed by atoms with Crippen molar-refractivity contribution >= 4 is 5.97 Å². The van der Waals surface area contributed by atoms with Gasteiger partial charge in [0.1, 0.15) is 5.75 Å². The molecule has 2 fully saturated rings. The number of aromatic nitrogens is 3. The number of carbonyl (C=O) groups is 1. The highest BCUT2D eigenvalue weighted by Crippen LogP contribution is 2.29. The Labute approximate surface area is 192 Å². The molecule has 8 nitrogen and oxygen atoms in total. The van der Waals surface area contributed by atoms with Crippen LogP contribution in [0.5, 0.6) is 5.75 Å². The minimum Gasteiger partial charge on any atom is -0.490 e. The quantitative estimate of drug-likeness (QED) is 0.520. The standard InChI is InChI=1S/C25H28N4O4/c30-25(31)18-12-20(13-18)27-15-19-9-6-17(14-26-19)24-29-28-23(33-24)16-7-10-22(11-8-16)32-21-4-2-1-3-5-21/h6-11,14,18,20-21,27H,1-5,12-13,15H2,(H,30,31). The van der Waals surface area contributed by atoms with E-state index in [0.717, 1.165) is 35.4 Å². The molecule has 2 N–H and O–H groups in total. The van der Waals surface area contributed by atoms with Gasteiger partial charge in [0.15, 0.2) is 0 Å². The van der Waals surface area contributed by atoms with Crippen molar-refractivity contribution in [3.63, 3.8) is 0 Å². The molecule has 3 aromatic rings. The third kappa shape index (κ3) is 5.22. The van der Waals surface area contributed by atoms with Crippen LogP contribution in [0, 0.1) is 5.92 Å². The molecule has 33 heavy (non-hydrogen) atoms. The van der Waals surface area contributed by atoms with Crippen LogP contribution >= 0.6 is 0 Å². The first-order valence-electron chi connectivity index (χ1n) is 11.7. The van der Waals surface area contributed by atoms with Crippen LogP contribution in [0.4, 0.5) is 0 Å². The maximum Gasteiger partial charge on any atom is 0.306 e. The molecule has 2 saturated carbocycles. The molecule has 0 saturated heterocycles. The van der Waals surface area contributed by atoms with Crippen LogP contribution in [-0.2, 0) is 11.3 Å². The molecule has 0 bridgehead atoms. The molecule has 0 radical (unpaired) electrons. The first-order valence-corrected chi connectivity index (χ1v) is 11.7. The fourth-order valence-electron chi connectivity index (χ4n) is 4.40. The molecule has 2 heterocycles. The van der Waals surface area contributed by atoms with Gasteiger partial charge in [-0.05, 0) is 74.9 Å². The number of nitrogens with one attached hydrogen (secondary N) is 1. The molecular formula is C25H28N4O4. The van der Waals surface area contributed by atoms with Crippen molar-refractivity contribution < 1.29 is 19.1 Å². The second-order valence-corrected chi connectivity index (χ2v) is 8.94. The Hall–Kier alpha value is -3.26. The normalized spacial score (nSPS) is 20.8. The number of rotatable bonds is 8. The predicted octanol–water partition coefficient (Wildman–Crippen LogP) is 4.46. The highest BCUT2D eigenvalue weighted by atomic mass is 16.5. The van der Waals surface area contributed by atoms with Crippen LogP contribution < -0.4 is 10.1 Å². The average Bonchev–Trinajstić information content (AvgIpc) is 3.30. The van der Waals surface area contributed by atoms with E-state index in [2.05, 4.69) is 20.5 Å². The molecule has 2 aliphatic carbocycles. The summed E-state index contributed by atoms with van der Waals surface area (Å²) >= 11 is 0. The summed E-state index contributed by atoms with van der Waals surface area (Å²) < 4.78 is 12.0. The summed E-state index contributed by atoms with van der Waals surface area (Å²) in [4.78, 5) is 15.4. The van der Waals surface area contributed by atoms with Crippen molar-refractivity contribution in [3.8, 4) is 28.7 Å². The predicted molar refractivity (Wildman–Crippen MR) is 121 cm³/mol. The van der Waals surface area contributed by atoms with Crippen molar-refractivity contribution in [3.05, 3.63) is 48.3 Å². The SMILES string of the molecule is O=C(O)C1CC(NCc2ccc(-c3nnc(-c4ccc(OC5CCCCC5)cc4)o3)cn2)C1. The molecule has 172 valence electrons. The number of aliphatic carboxylic acids is 1. The van der Waals surface area contributed by atoms with Gasteiger partial charge < -0.3 is 19.6 Å². The van der Waals surface area contributed by atoms with Crippen LogP contribution in [0.25, 0.3) is 22.9 Å². The fraction of sp³-hybridized carbons (Fsp3) is 0.440. The summed E-state index contributed by atoms with van der Waals surface area (Å²) in [6, 6.07) is 11.9. The van der Waals surface area contributed by atoms with Crippen molar-refractivity contribution in [2.45, 2.75) is 63.6 Å². The second-order valence-electron chi connectivity index (χ2n) is 8.94. The first-order chi connectivity index (χ1) is 16.1. The Morgan fingerprint density at radius 2 is 1.70 bits per heavy atom. The molecule has 1 aromatic carbocycles. The van der Waals surface area contributed by atoms with Crippen molar-refractivity contribution in [1.29, 1.82) is 0 Å². The highest BCUT2D eigenvalue weighted by molar-refractivity contribution is 5.71. The van der Waals surface area contributed by atoms with E-state index in [-0.39, 0.29) is 12.0 Å². The number of hydrogen-bond donors (Lipinski definition) is 2. The van der Waals surface area contributed by atoms with E-state index >= 15 is 0 Å². The van der Waals surface area contributed by atoms with Gasteiger partial charge in [0.2, 0.25) is 11.8 Å². The van der Waals surface area contributed by atoms with E-state index in [1.165, 1.54) is 19.3 Å². The average molecular weight is 449 g/mol. The Kier molecular flexibility index (Phi) is 6.35. The van der Waals surface area contributed by atoms with E-state index in [4.69, 9.17) is 14.3 Å². The van der Waals surface area contributed by atoms with Crippen LogP contribution in [-0.4, -0.2) is 38.4 Å². The number of benzene rings is 1. The summed E-state index contributed by atoms with van der Waals surface area (Å²) in [6.45, 7) is 0.599. The molecule has 0 unspecified atom stereocenters. The molecule has 2 aliphatic rings. The Morgan fingerprint density at radius 3 is 2.36 bits per heavy atom. The van der Waals surface area contributed by atoms with Gasteiger partial charge in [-0.25, -0.2) is 0 Å². The number of nitrogens with zero attached hydrogens (tertiary/aromatic N) is 3. The van der Waals surface area contributed by atoms with E-state index < -0.39 is 5.97 Å². The number of hydrogen-bond acceptors (Lipinski definition) is 7. The van der Waals surface area contributed by atoms with Gasteiger partial charge in [-0.15, -0.1) is 10.2 Å². The van der Waals surface area contributed by atoms with Gasteiger partial charge in [-0.1, -0.05) is 6.42 Å². The van der Waals surface area contributed by atoms with E-state index in [1.807, 2.05) is 36.4 Å². The van der Waals surface area contributed by atoms with E-state index in [0.29, 0.717) is 37.3 Å². The zero-order chi connectivity index (χ0) is 22.6. The molecule has 5 rings (SSSR count). The van der Waals surface area contributed by atoms with E-state index in [1.54, 1.807) is 6.20 Å².